The molecule has 12 rings (SSSR count). The van der Waals surface area contributed by atoms with Crippen molar-refractivity contribution in [3.05, 3.63) is 260 Å². The Hall–Kier alpha value is -8.66. The maximum Gasteiger partial charge on any atom is 0.0542 e. The van der Waals surface area contributed by atoms with E-state index in [1.54, 1.807) is 0 Å². The minimum absolute atomic E-state index is 0.0850. The lowest BCUT2D eigenvalue weighted by Crippen LogP contribution is -2.10. The van der Waals surface area contributed by atoms with Crippen LogP contribution in [0.2, 0.25) is 0 Å². The summed E-state index contributed by atoms with van der Waals surface area (Å²) < 4.78 is 2.44. The molecule has 0 aliphatic rings. The van der Waals surface area contributed by atoms with Gasteiger partial charge in [0.1, 0.15) is 0 Å². The van der Waals surface area contributed by atoms with Gasteiger partial charge in [0.25, 0.3) is 0 Å². The van der Waals surface area contributed by atoms with E-state index >= 15 is 0 Å². The molecule has 11 aromatic carbocycles. The number of aromatic nitrogens is 1. The maximum atomic E-state index is 2.44. The number of hydrogen-bond donors (Lipinski definition) is 0. The predicted molar refractivity (Wildman–Crippen MR) is 295 cm³/mol. The van der Waals surface area contributed by atoms with E-state index in [0.29, 0.717) is 0 Å². The zero-order valence-corrected chi connectivity index (χ0v) is 39.1. The molecule has 12 aromatic rings. The zero-order chi connectivity index (χ0) is 46.5. The van der Waals surface area contributed by atoms with Crippen molar-refractivity contribution in [2.24, 2.45) is 0 Å². The Morgan fingerprint density at radius 3 is 0.942 bits per heavy atom. The SMILES string of the molecule is CC(C)(C)c1ccc(-c2c3ccccc3c(-c3ccc(-n4c5ccc(N(c6ccccc6)c6ccccc6)cc5c5cc(N(c6ccccc6)c6ccccc6)ccc54)cc3)c3ccccc23)cc1. The third kappa shape index (κ3) is 7.50. The van der Waals surface area contributed by atoms with Crippen LogP contribution in [-0.4, -0.2) is 4.57 Å². The molecule has 0 aliphatic heterocycles. The smallest absolute Gasteiger partial charge is 0.0542 e. The molecule has 1 aromatic heterocycles. The Balaban J connectivity index is 1.04. The third-order valence-corrected chi connectivity index (χ3v) is 13.7. The first-order valence-electron chi connectivity index (χ1n) is 23.9. The highest BCUT2D eigenvalue weighted by atomic mass is 15.1. The van der Waals surface area contributed by atoms with E-state index in [4.69, 9.17) is 0 Å². The first-order valence-corrected chi connectivity index (χ1v) is 23.9. The second-order valence-electron chi connectivity index (χ2n) is 19.0. The largest absolute Gasteiger partial charge is 0.310 e. The number of para-hydroxylation sites is 4. The molecular weight excluding hydrogens is 835 g/mol. The molecular formula is C66H51N3. The molecule has 0 saturated carbocycles. The summed E-state index contributed by atoms with van der Waals surface area (Å²) in [5.74, 6) is 0. The quantitative estimate of drug-likeness (QED) is 0.134. The molecule has 1 heterocycles. The molecule has 0 saturated heterocycles. The highest BCUT2D eigenvalue weighted by Crippen LogP contribution is 2.46. The van der Waals surface area contributed by atoms with E-state index in [0.717, 1.165) is 50.8 Å². The van der Waals surface area contributed by atoms with Gasteiger partial charge < -0.3 is 14.4 Å². The molecule has 3 heteroatoms. The molecule has 0 fully saturated rings. The van der Waals surface area contributed by atoms with Gasteiger partial charge >= 0.3 is 0 Å². The third-order valence-electron chi connectivity index (χ3n) is 13.7. The van der Waals surface area contributed by atoms with Gasteiger partial charge in [0.2, 0.25) is 0 Å². The lowest BCUT2D eigenvalue weighted by atomic mass is 9.83. The maximum absolute atomic E-state index is 2.44. The van der Waals surface area contributed by atoms with Crippen LogP contribution in [-0.2, 0) is 5.41 Å². The van der Waals surface area contributed by atoms with Crippen LogP contribution in [0.3, 0.4) is 0 Å². The van der Waals surface area contributed by atoms with Crippen LogP contribution >= 0.6 is 0 Å². The molecule has 0 atom stereocenters. The molecule has 330 valence electrons. The lowest BCUT2D eigenvalue weighted by Gasteiger charge is -2.26. The lowest BCUT2D eigenvalue weighted by molar-refractivity contribution is 0.590. The van der Waals surface area contributed by atoms with Crippen LogP contribution in [0.5, 0.6) is 0 Å². The fraction of sp³-hybridized carbons (Fsp3) is 0.0606. The summed E-state index contributed by atoms with van der Waals surface area (Å²) in [7, 11) is 0. The van der Waals surface area contributed by atoms with Crippen LogP contribution in [0, 0.1) is 0 Å². The van der Waals surface area contributed by atoms with E-state index in [1.807, 2.05) is 0 Å². The fourth-order valence-corrected chi connectivity index (χ4v) is 10.4. The second-order valence-corrected chi connectivity index (χ2v) is 19.0. The van der Waals surface area contributed by atoms with Gasteiger partial charge in [-0.05, 0) is 152 Å². The van der Waals surface area contributed by atoms with Crippen molar-refractivity contribution in [1.82, 2.24) is 4.57 Å². The van der Waals surface area contributed by atoms with Gasteiger partial charge in [0.05, 0.1) is 11.0 Å². The fourth-order valence-electron chi connectivity index (χ4n) is 10.4. The molecule has 0 unspecified atom stereocenters. The molecule has 3 nitrogen and oxygen atoms in total. The zero-order valence-electron chi connectivity index (χ0n) is 39.1. The summed E-state index contributed by atoms with van der Waals surface area (Å²) in [6, 6.07) is 92.9. The first kappa shape index (κ1) is 41.7. The van der Waals surface area contributed by atoms with Crippen molar-refractivity contribution in [1.29, 1.82) is 0 Å². The van der Waals surface area contributed by atoms with Crippen LogP contribution in [0.4, 0.5) is 34.1 Å². The second kappa shape index (κ2) is 17.2. The van der Waals surface area contributed by atoms with Crippen molar-refractivity contribution in [3.63, 3.8) is 0 Å². The van der Waals surface area contributed by atoms with Crippen molar-refractivity contribution in [3.8, 4) is 27.9 Å². The van der Waals surface area contributed by atoms with Crippen LogP contribution in [0.1, 0.15) is 26.3 Å². The van der Waals surface area contributed by atoms with Gasteiger partial charge in [-0.25, -0.2) is 0 Å². The normalized spacial score (nSPS) is 11.7. The van der Waals surface area contributed by atoms with Gasteiger partial charge in [-0.1, -0.05) is 178 Å². The van der Waals surface area contributed by atoms with Crippen molar-refractivity contribution >= 4 is 77.5 Å². The van der Waals surface area contributed by atoms with Crippen LogP contribution in [0.25, 0.3) is 71.3 Å². The minimum atomic E-state index is 0.0850. The Bertz CT molecular complexity index is 3500. The molecule has 0 bridgehead atoms. The number of nitrogens with zero attached hydrogens (tertiary/aromatic N) is 3. The average molecular weight is 886 g/mol. The number of fused-ring (bicyclic) bond motifs is 5. The molecule has 69 heavy (non-hydrogen) atoms. The van der Waals surface area contributed by atoms with Gasteiger partial charge in [-0.3, -0.25) is 0 Å². The van der Waals surface area contributed by atoms with Gasteiger partial charge in [0, 0.05) is 50.6 Å². The summed E-state index contributed by atoms with van der Waals surface area (Å²) in [5, 5.41) is 7.36. The van der Waals surface area contributed by atoms with E-state index in [2.05, 4.69) is 290 Å². The predicted octanol–water partition coefficient (Wildman–Crippen LogP) is 18.7. The minimum Gasteiger partial charge on any atom is -0.310 e. The number of hydrogen-bond acceptors (Lipinski definition) is 2. The summed E-state index contributed by atoms with van der Waals surface area (Å²) >= 11 is 0. The van der Waals surface area contributed by atoms with Gasteiger partial charge in [0.15, 0.2) is 0 Å². The van der Waals surface area contributed by atoms with Crippen LogP contribution in [0.15, 0.2) is 255 Å². The molecule has 0 radical (unpaired) electrons. The molecule has 0 N–H and O–H groups in total. The molecule has 0 amide bonds. The Morgan fingerprint density at radius 1 is 0.290 bits per heavy atom. The van der Waals surface area contributed by atoms with Gasteiger partial charge in [-0.2, -0.15) is 0 Å². The van der Waals surface area contributed by atoms with E-state index in [9.17, 15) is 0 Å². The molecule has 0 aliphatic carbocycles. The highest BCUT2D eigenvalue weighted by Gasteiger charge is 2.22. The Kier molecular flexibility index (Phi) is 10.4. The van der Waals surface area contributed by atoms with Gasteiger partial charge in [-0.15, -0.1) is 0 Å². The van der Waals surface area contributed by atoms with E-state index < -0.39 is 0 Å². The Morgan fingerprint density at radius 2 is 0.609 bits per heavy atom. The Labute approximate surface area is 404 Å². The standard InChI is InChI=1S/C66H51N3/c1-66(2,3)48-36-32-46(33-37-48)64-56-28-16-18-30-58(56)65(59-31-19-17-29-57(59)64)47-34-38-53(39-35-47)69-62-42-40-54(67(49-20-8-4-9-21-49)50-22-10-5-11-23-50)44-60(62)61-45-55(41-43-63(61)69)68(51-24-12-6-13-25-51)52-26-14-7-15-27-52/h4-45H,1-3H3. The number of rotatable bonds is 9. The van der Waals surface area contributed by atoms with E-state index in [-0.39, 0.29) is 5.41 Å². The number of anilines is 6. The average Bonchev–Trinajstić information content (AvgIpc) is 3.72. The highest BCUT2D eigenvalue weighted by molar-refractivity contribution is 6.21. The first-order chi connectivity index (χ1) is 33.9. The summed E-state index contributed by atoms with van der Waals surface area (Å²) in [5.41, 5.74) is 16.4. The topological polar surface area (TPSA) is 11.4 Å². The van der Waals surface area contributed by atoms with Crippen LogP contribution < -0.4 is 9.80 Å². The van der Waals surface area contributed by atoms with Crippen molar-refractivity contribution in [2.45, 2.75) is 26.2 Å². The summed E-state index contributed by atoms with van der Waals surface area (Å²) in [6.07, 6.45) is 0. The monoisotopic (exact) mass is 885 g/mol. The number of benzene rings is 11. The van der Waals surface area contributed by atoms with E-state index in [1.165, 1.54) is 60.1 Å². The van der Waals surface area contributed by atoms with Crippen molar-refractivity contribution in [2.75, 3.05) is 9.80 Å². The summed E-state index contributed by atoms with van der Waals surface area (Å²) in [4.78, 5) is 4.70. The van der Waals surface area contributed by atoms with Crippen molar-refractivity contribution < 1.29 is 0 Å². The summed E-state index contributed by atoms with van der Waals surface area (Å²) in [6.45, 7) is 6.83. The molecule has 0 spiro atoms.